The largest absolute Gasteiger partial charge is 0.446 e. The second-order valence-electron chi connectivity index (χ2n) is 10.8. The van der Waals surface area contributed by atoms with E-state index in [4.69, 9.17) is 9.47 Å². The number of ether oxygens (including phenoxy) is 2. The summed E-state index contributed by atoms with van der Waals surface area (Å²) in [5, 5.41) is 5.48. The number of alkyl carbamates (subject to hydrolysis) is 1. The van der Waals surface area contributed by atoms with Gasteiger partial charge in [-0.2, -0.15) is 0 Å². The Morgan fingerprint density at radius 2 is 2.02 bits per heavy atom. The zero-order chi connectivity index (χ0) is 28.9. The smallest absolute Gasteiger partial charge is 0.407 e. The average molecular weight is 584 g/mol. The molecule has 3 aromatic rings. The molecule has 0 saturated carbocycles. The molecule has 1 N–H and O–H groups in total. The predicted octanol–water partition coefficient (Wildman–Crippen LogP) is 5.92. The molecule has 0 saturated heterocycles. The van der Waals surface area contributed by atoms with Crippen LogP contribution in [0.1, 0.15) is 61.0 Å². The van der Waals surface area contributed by atoms with E-state index in [0.717, 1.165) is 16.1 Å². The van der Waals surface area contributed by atoms with Crippen LogP contribution in [0.4, 0.5) is 16.3 Å². The third-order valence-electron chi connectivity index (χ3n) is 6.29. The molecule has 2 unspecified atom stereocenters. The van der Waals surface area contributed by atoms with E-state index >= 15 is 0 Å². The molecule has 1 aliphatic rings. The fraction of sp³-hybridized carbons (Fsp3) is 0.448. The first-order valence-electron chi connectivity index (χ1n) is 13.2. The van der Waals surface area contributed by atoms with E-state index in [9.17, 15) is 9.59 Å². The maximum atomic E-state index is 13.5. The summed E-state index contributed by atoms with van der Waals surface area (Å²) in [6, 6.07) is 11.9. The number of fused-ring (bicyclic) bond motifs is 1. The van der Waals surface area contributed by atoms with Gasteiger partial charge in [0.15, 0.2) is 5.16 Å². The monoisotopic (exact) mass is 583 g/mol. The van der Waals surface area contributed by atoms with Crippen LogP contribution >= 0.6 is 23.1 Å². The Bertz CT molecular complexity index is 1310. The highest BCUT2D eigenvalue weighted by molar-refractivity contribution is 7.98. The average Bonchev–Trinajstić information content (AvgIpc) is 3.41. The first-order valence-corrected chi connectivity index (χ1v) is 15.3. The van der Waals surface area contributed by atoms with E-state index < -0.39 is 6.09 Å². The van der Waals surface area contributed by atoms with Crippen molar-refractivity contribution in [1.82, 2.24) is 15.3 Å². The van der Waals surface area contributed by atoms with Crippen LogP contribution in [0, 0.1) is 0 Å². The lowest BCUT2D eigenvalue weighted by atomic mass is 10.1. The molecule has 1 aromatic carbocycles. The summed E-state index contributed by atoms with van der Waals surface area (Å²) in [4.78, 5) is 39.6. The fourth-order valence-corrected chi connectivity index (χ4v) is 5.49. The minimum atomic E-state index is -0.443. The number of aromatic nitrogens is 2. The van der Waals surface area contributed by atoms with E-state index in [0.29, 0.717) is 42.7 Å². The van der Waals surface area contributed by atoms with E-state index in [2.05, 4.69) is 15.3 Å². The quantitative estimate of drug-likeness (QED) is 0.245. The van der Waals surface area contributed by atoms with Crippen molar-refractivity contribution in [3.05, 3.63) is 64.0 Å². The summed E-state index contributed by atoms with van der Waals surface area (Å²) in [5.41, 5.74) is 1.85. The van der Waals surface area contributed by atoms with E-state index in [1.54, 1.807) is 22.4 Å². The van der Waals surface area contributed by atoms with Crippen molar-refractivity contribution in [3.63, 3.8) is 0 Å². The Morgan fingerprint density at radius 3 is 2.73 bits per heavy atom. The summed E-state index contributed by atoms with van der Waals surface area (Å²) >= 11 is 3.06. The maximum absolute atomic E-state index is 13.5. The van der Waals surface area contributed by atoms with Crippen LogP contribution in [-0.4, -0.2) is 60.0 Å². The van der Waals surface area contributed by atoms with Crippen molar-refractivity contribution in [1.29, 1.82) is 0 Å². The molecule has 3 heterocycles. The standard InChI is InChI=1S/C29H37N5O4S2/c1-19(38-28(36)32-29(2,3)4)15-23(24-11-8-14-40-24)37-18-20-9-7-10-21(16-20)34-13-12-33(5)25-22(26(34)35)17-30-27(31-25)39-6/h7-11,14,16-17,19,23H,12-13,15,18H2,1-6H3,(H,32,36). The van der Waals surface area contributed by atoms with Crippen molar-refractivity contribution in [2.75, 3.05) is 36.2 Å². The summed E-state index contributed by atoms with van der Waals surface area (Å²) in [5.74, 6) is 0.527. The van der Waals surface area contributed by atoms with Gasteiger partial charge in [-0.3, -0.25) is 4.79 Å². The molecule has 0 spiro atoms. The number of rotatable bonds is 9. The van der Waals surface area contributed by atoms with Crippen molar-refractivity contribution in [2.24, 2.45) is 0 Å². The van der Waals surface area contributed by atoms with Gasteiger partial charge in [0.2, 0.25) is 0 Å². The number of nitrogens with zero attached hydrogens (tertiary/aromatic N) is 4. The normalized spacial score (nSPS) is 15.3. The number of hydrogen-bond acceptors (Lipinski definition) is 9. The summed E-state index contributed by atoms with van der Waals surface area (Å²) in [7, 11) is 1.94. The number of benzene rings is 1. The highest BCUT2D eigenvalue weighted by atomic mass is 32.2. The number of thioether (sulfide) groups is 1. The second kappa shape index (κ2) is 13.0. The van der Waals surface area contributed by atoms with E-state index in [1.165, 1.54) is 11.8 Å². The van der Waals surface area contributed by atoms with Crippen molar-refractivity contribution in [3.8, 4) is 0 Å². The zero-order valence-corrected chi connectivity index (χ0v) is 25.5. The van der Waals surface area contributed by atoms with Gasteiger partial charge in [0, 0.05) is 48.9 Å². The molecule has 2 amide bonds. The Balaban J connectivity index is 1.46. The number of amides is 2. The first-order chi connectivity index (χ1) is 19.0. The van der Waals surface area contributed by atoms with Gasteiger partial charge in [-0.15, -0.1) is 11.3 Å². The molecule has 0 aliphatic carbocycles. The van der Waals surface area contributed by atoms with Gasteiger partial charge in [0.25, 0.3) is 5.91 Å². The van der Waals surface area contributed by atoms with Gasteiger partial charge in [-0.05, 0) is 63.1 Å². The van der Waals surface area contributed by atoms with Crippen LogP contribution in [0.5, 0.6) is 0 Å². The second-order valence-corrected chi connectivity index (χ2v) is 12.5. The topological polar surface area (TPSA) is 96.9 Å². The molecule has 214 valence electrons. The predicted molar refractivity (Wildman–Crippen MR) is 160 cm³/mol. The van der Waals surface area contributed by atoms with E-state index in [-0.39, 0.29) is 23.7 Å². The van der Waals surface area contributed by atoms with Crippen molar-refractivity contribution >= 4 is 46.6 Å². The molecular formula is C29H37N5O4S2. The van der Waals surface area contributed by atoms with Crippen LogP contribution in [0.25, 0.3) is 0 Å². The third kappa shape index (κ3) is 7.74. The number of nitrogens with one attached hydrogen (secondary N) is 1. The Morgan fingerprint density at radius 1 is 1.23 bits per heavy atom. The molecule has 4 rings (SSSR count). The molecule has 2 atom stereocenters. The van der Waals surface area contributed by atoms with Crippen molar-refractivity contribution < 1.29 is 19.1 Å². The lowest BCUT2D eigenvalue weighted by Gasteiger charge is -2.25. The Kier molecular flexibility index (Phi) is 9.70. The summed E-state index contributed by atoms with van der Waals surface area (Å²) in [6.07, 6.45) is 3.02. The minimum absolute atomic E-state index is 0.124. The van der Waals surface area contributed by atoms with Gasteiger partial charge in [-0.25, -0.2) is 14.8 Å². The highest BCUT2D eigenvalue weighted by Crippen LogP contribution is 2.31. The fourth-order valence-electron chi connectivity index (χ4n) is 4.37. The molecule has 0 bridgehead atoms. The van der Waals surface area contributed by atoms with E-state index in [1.807, 2.05) is 87.7 Å². The molecule has 0 radical (unpaired) electrons. The molecule has 11 heteroatoms. The van der Waals surface area contributed by atoms with Gasteiger partial charge in [0.05, 0.1) is 12.7 Å². The number of hydrogen-bond donors (Lipinski definition) is 1. The number of likely N-dealkylation sites (N-methyl/N-ethyl adjacent to an activating group) is 1. The van der Waals surface area contributed by atoms with Gasteiger partial charge >= 0.3 is 6.09 Å². The van der Waals surface area contributed by atoms with Crippen molar-refractivity contribution in [2.45, 2.75) is 63.6 Å². The first kappa shape index (κ1) is 29.8. The number of thiophene rings is 1. The Hall–Kier alpha value is -3.15. The minimum Gasteiger partial charge on any atom is -0.446 e. The van der Waals surface area contributed by atoms with Gasteiger partial charge in [0.1, 0.15) is 17.5 Å². The lowest BCUT2D eigenvalue weighted by Crippen LogP contribution is -2.42. The third-order valence-corrected chi connectivity index (χ3v) is 7.82. The summed E-state index contributed by atoms with van der Waals surface area (Å²) in [6.45, 7) is 9.12. The van der Waals surface area contributed by atoms with Gasteiger partial charge in [-0.1, -0.05) is 30.0 Å². The maximum Gasteiger partial charge on any atom is 0.407 e. The SMILES string of the molecule is CSc1ncc2c(n1)N(C)CCN(c1cccc(COC(CC(C)OC(=O)NC(C)(C)C)c3cccs3)c1)C2=O. The molecule has 1 aliphatic heterocycles. The highest BCUT2D eigenvalue weighted by Gasteiger charge is 2.28. The Labute approximate surface area is 244 Å². The number of carbonyl (C=O) groups is 2. The van der Waals surface area contributed by atoms with Crippen LogP contribution < -0.4 is 15.1 Å². The molecular weight excluding hydrogens is 546 g/mol. The molecule has 2 aromatic heterocycles. The summed E-state index contributed by atoms with van der Waals surface area (Å²) < 4.78 is 12.0. The van der Waals surface area contributed by atoms with Crippen LogP contribution in [-0.2, 0) is 16.1 Å². The van der Waals surface area contributed by atoms with Crippen LogP contribution in [0.2, 0.25) is 0 Å². The molecule has 40 heavy (non-hydrogen) atoms. The molecule has 0 fully saturated rings. The molecule has 9 nitrogen and oxygen atoms in total. The lowest BCUT2D eigenvalue weighted by molar-refractivity contribution is 0.00190. The van der Waals surface area contributed by atoms with Crippen LogP contribution in [0.3, 0.4) is 0 Å². The van der Waals surface area contributed by atoms with Crippen LogP contribution in [0.15, 0.2) is 53.1 Å². The number of carbonyl (C=O) groups excluding carboxylic acids is 2. The van der Waals surface area contributed by atoms with Gasteiger partial charge < -0.3 is 24.6 Å². The number of anilines is 2. The zero-order valence-electron chi connectivity index (χ0n) is 23.8.